The number of hydrogen-bond acceptors (Lipinski definition) is 6. The molecule has 3 atom stereocenters. The van der Waals surface area contributed by atoms with Crippen molar-refractivity contribution in [3.63, 3.8) is 0 Å². The van der Waals surface area contributed by atoms with Gasteiger partial charge in [-0.25, -0.2) is 14.2 Å². The fourth-order valence-corrected chi connectivity index (χ4v) is 5.61. The summed E-state index contributed by atoms with van der Waals surface area (Å²) in [6.07, 6.45) is 8.67. The van der Waals surface area contributed by atoms with Crippen molar-refractivity contribution in [3.05, 3.63) is 35.6 Å². The van der Waals surface area contributed by atoms with Crippen LogP contribution < -0.4 is 0 Å². The van der Waals surface area contributed by atoms with Gasteiger partial charge >= 0.3 is 6.16 Å². The second-order valence-electron chi connectivity index (χ2n) is 9.94. The highest BCUT2D eigenvalue weighted by molar-refractivity contribution is 5.64. The molecule has 1 aliphatic heterocycles. The van der Waals surface area contributed by atoms with E-state index < -0.39 is 11.9 Å². The first-order chi connectivity index (χ1) is 15.8. The van der Waals surface area contributed by atoms with Crippen molar-refractivity contribution in [2.45, 2.75) is 76.6 Å². The van der Waals surface area contributed by atoms with E-state index in [4.69, 9.17) is 9.47 Å². The molecule has 1 fully saturated rings. The Morgan fingerprint density at radius 1 is 1.30 bits per heavy atom. The fourth-order valence-electron chi connectivity index (χ4n) is 5.61. The van der Waals surface area contributed by atoms with Crippen molar-refractivity contribution in [2.75, 3.05) is 27.7 Å². The van der Waals surface area contributed by atoms with Gasteiger partial charge in [-0.2, -0.15) is 0 Å². The molecule has 1 aromatic rings. The predicted octanol–water partition coefficient (Wildman–Crippen LogP) is 5.64. The molecule has 1 aliphatic carbocycles. The van der Waals surface area contributed by atoms with Crippen LogP contribution in [-0.2, 0) is 9.47 Å². The first kappa shape index (κ1) is 25.5. The van der Waals surface area contributed by atoms with Gasteiger partial charge in [0.15, 0.2) is 0 Å². The topological polar surface area (TPSA) is 54.4 Å². The van der Waals surface area contributed by atoms with Gasteiger partial charge in [-0.1, -0.05) is 38.3 Å². The highest BCUT2D eigenvalue weighted by Gasteiger charge is 2.46. The number of methoxy groups -OCH3 is 1. The lowest BCUT2D eigenvalue weighted by Gasteiger charge is -2.40. The predicted molar refractivity (Wildman–Crippen MR) is 129 cm³/mol. The summed E-state index contributed by atoms with van der Waals surface area (Å²) in [5.74, 6) is 0.853. The fraction of sp³-hybridized carbons (Fsp3) is 0.692. The lowest BCUT2D eigenvalue weighted by molar-refractivity contribution is -0.0463. The van der Waals surface area contributed by atoms with Crippen LogP contribution in [0, 0.1) is 17.7 Å². The number of unbranched alkanes of at least 4 members (excludes halogenated alkanes) is 1. The monoisotopic (exact) mass is 461 g/mol. The molecule has 0 saturated heterocycles. The molecule has 3 rings (SSSR count). The Labute approximate surface area is 198 Å². The van der Waals surface area contributed by atoms with Gasteiger partial charge in [-0.15, -0.1) is 0 Å². The minimum absolute atomic E-state index is 0.0116. The smallest absolute Gasteiger partial charge is 0.438 e. The van der Waals surface area contributed by atoms with Gasteiger partial charge in [0.25, 0.3) is 0 Å². The summed E-state index contributed by atoms with van der Waals surface area (Å²) >= 11 is 0. The Morgan fingerprint density at radius 2 is 2.03 bits per heavy atom. The summed E-state index contributed by atoms with van der Waals surface area (Å²) in [7, 11) is 5.49. The number of nitrogens with zero attached hydrogens (tertiary/aromatic N) is 3. The maximum Gasteiger partial charge on any atom is 0.510 e. The normalized spacial score (nSPS) is 28.2. The molecule has 1 aromatic carbocycles. The average Bonchev–Trinajstić information content (AvgIpc) is 3.08. The summed E-state index contributed by atoms with van der Waals surface area (Å²) in [4.78, 5) is 21.0. The van der Waals surface area contributed by atoms with Crippen LogP contribution in [0.15, 0.2) is 29.3 Å². The Kier molecular flexibility index (Phi) is 8.74. The average molecular weight is 462 g/mol. The van der Waals surface area contributed by atoms with E-state index in [0.717, 1.165) is 57.1 Å². The summed E-state index contributed by atoms with van der Waals surface area (Å²) in [5, 5.41) is 0. The Balaban J connectivity index is 1.66. The number of halogens is 1. The zero-order valence-corrected chi connectivity index (χ0v) is 20.8. The molecular formula is C26H40FN3O3. The summed E-state index contributed by atoms with van der Waals surface area (Å²) in [6.45, 7) is 4.96. The molecule has 0 bridgehead atoms. The van der Waals surface area contributed by atoms with E-state index in [1.54, 1.807) is 12.1 Å². The van der Waals surface area contributed by atoms with Gasteiger partial charge in [0, 0.05) is 12.6 Å². The highest BCUT2D eigenvalue weighted by Crippen LogP contribution is 2.42. The standard InChI is InChI=1S/C26H40FN3O3/c1-6-7-15-30-18-28-26(2,33-25(31)32-5)23(30)16-19-11-13-20(14-12-19)24(29(3)4)21-9-8-10-22(27)17-21/h8-10,17-20,23-24H,6-7,11-16H2,1-5H3. The van der Waals surface area contributed by atoms with E-state index >= 15 is 0 Å². The number of carbonyl (C=O) groups is 1. The van der Waals surface area contributed by atoms with E-state index in [9.17, 15) is 9.18 Å². The molecule has 1 heterocycles. The summed E-state index contributed by atoms with van der Waals surface area (Å²) in [6, 6.07) is 7.25. The van der Waals surface area contributed by atoms with Crippen LogP contribution in [0.4, 0.5) is 9.18 Å². The van der Waals surface area contributed by atoms with Crippen LogP contribution in [-0.4, -0.2) is 61.8 Å². The maximum absolute atomic E-state index is 13.9. The third-order valence-electron chi connectivity index (χ3n) is 7.35. The van der Waals surface area contributed by atoms with Crippen molar-refractivity contribution in [3.8, 4) is 0 Å². The third kappa shape index (κ3) is 6.25. The van der Waals surface area contributed by atoms with Crippen LogP contribution >= 0.6 is 0 Å². The molecule has 184 valence electrons. The first-order valence-electron chi connectivity index (χ1n) is 12.3. The van der Waals surface area contributed by atoms with E-state index in [0.29, 0.717) is 11.8 Å². The Morgan fingerprint density at radius 3 is 2.64 bits per heavy atom. The van der Waals surface area contributed by atoms with E-state index in [1.165, 1.54) is 13.2 Å². The van der Waals surface area contributed by atoms with Crippen molar-refractivity contribution in [1.82, 2.24) is 9.80 Å². The molecule has 3 unspecified atom stereocenters. The van der Waals surface area contributed by atoms with Crippen LogP contribution in [0.3, 0.4) is 0 Å². The van der Waals surface area contributed by atoms with Crippen LogP contribution in [0.1, 0.15) is 70.4 Å². The zero-order chi connectivity index (χ0) is 24.0. The lowest BCUT2D eigenvalue weighted by Crippen LogP contribution is -2.48. The maximum atomic E-state index is 13.9. The molecule has 0 spiro atoms. The second kappa shape index (κ2) is 11.3. The van der Waals surface area contributed by atoms with Crippen LogP contribution in [0.5, 0.6) is 0 Å². The number of rotatable bonds is 9. The minimum Gasteiger partial charge on any atom is -0.438 e. The number of benzene rings is 1. The molecule has 6 nitrogen and oxygen atoms in total. The second-order valence-corrected chi connectivity index (χ2v) is 9.94. The van der Waals surface area contributed by atoms with Gasteiger partial charge in [0.2, 0.25) is 5.72 Å². The molecular weight excluding hydrogens is 421 g/mol. The zero-order valence-electron chi connectivity index (χ0n) is 20.8. The Bertz CT molecular complexity index is 810. The van der Waals surface area contributed by atoms with Crippen molar-refractivity contribution >= 4 is 12.5 Å². The van der Waals surface area contributed by atoms with Crippen molar-refractivity contribution < 1.29 is 18.7 Å². The first-order valence-corrected chi connectivity index (χ1v) is 12.3. The van der Waals surface area contributed by atoms with Crippen molar-refractivity contribution in [2.24, 2.45) is 16.8 Å². The van der Waals surface area contributed by atoms with Gasteiger partial charge in [0.05, 0.1) is 19.5 Å². The van der Waals surface area contributed by atoms with E-state index in [1.807, 2.05) is 19.3 Å². The van der Waals surface area contributed by atoms with Crippen LogP contribution in [0.25, 0.3) is 0 Å². The Hall–Kier alpha value is -2.15. The van der Waals surface area contributed by atoms with Crippen LogP contribution in [0.2, 0.25) is 0 Å². The third-order valence-corrected chi connectivity index (χ3v) is 7.35. The molecule has 33 heavy (non-hydrogen) atoms. The molecule has 0 aromatic heterocycles. The lowest BCUT2D eigenvalue weighted by atomic mass is 9.74. The van der Waals surface area contributed by atoms with E-state index in [-0.39, 0.29) is 17.9 Å². The van der Waals surface area contributed by atoms with E-state index in [2.05, 4.69) is 35.8 Å². The number of aliphatic imine (C=N–C) groups is 1. The molecule has 1 saturated carbocycles. The van der Waals surface area contributed by atoms with Crippen molar-refractivity contribution in [1.29, 1.82) is 0 Å². The molecule has 2 aliphatic rings. The number of ether oxygens (including phenoxy) is 2. The summed E-state index contributed by atoms with van der Waals surface area (Å²) < 4.78 is 24.3. The van der Waals surface area contributed by atoms with Gasteiger partial charge in [-0.05, 0) is 76.2 Å². The number of hydrogen-bond donors (Lipinski definition) is 0. The van der Waals surface area contributed by atoms with Gasteiger partial charge < -0.3 is 19.3 Å². The highest BCUT2D eigenvalue weighted by atomic mass is 19.1. The summed E-state index contributed by atoms with van der Waals surface area (Å²) in [5.41, 5.74) is 0.128. The molecule has 0 radical (unpaired) electrons. The van der Waals surface area contributed by atoms with Gasteiger partial charge in [0.1, 0.15) is 5.82 Å². The number of carbonyl (C=O) groups excluding carboxylic acids is 1. The largest absolute Gasteiger partial charge is 0.510 e. The van der Waals surface area contributed by atoms with Gasteiger partial charge in [-0.3, -0.25) is 0 Å². The minimum atomic E-state index is -0.925. The quantitative estimate of drug-likeness (QED) is 0.446. The molecule has 0 amide bonds. The molecule has 7 heteroatoms. The SMILES string of the molecule is CCCCN1C=NC(C)(OC(=O)OC)C1CC1CCC(C(c2cccc(F)c2)N(C)C)CC1. The molecule has 0 N–H and O–H groups in total.